The molecule has 0 unspecified atom stereocenters. The lowest BCUT2D eigenvalue weighted by atomic mass is 10.1. The molecule has 22 heavy (non-hydrogen) atoms. The number of hydrogen-bond donors (Lipinski definition) is 1. The number of carboxylic acids is 1. The van der Waals surface area contributed by atoms with E-state index in [2.05, 4.69) is 9.97 Å². The van der Waals surface area contributed by atoms with Crippen LogP contribution >= 0.6 is 12.4 Å². The normalized spacial score (nSPS) is 10.2. The Labute approximate surface area is 133 Å². The highest BCUT2D eigenvalue weighted by Crippen LogP contribution is 2.13. The fourth-order valence-corrected chi connectivity index (χ4v) is 2.25. The molecule has 0 saturated heterocycles. The van der Waals surface area contributed by atoms with Crippen LogP contribution in [0.2, 0.25) is 0 Å². The van der Waals surface area contributed by atoms with Gasteiger partial charge in [-0.25, -0.2) is 14.8 Å². The summed E-state index contributed by atoms with van der Waals surface area (Å²) in [6.07, 6.45) is 10.5. The first-order valence-electron chi connectivity index (χ1n) is 6.48. The van der Waals surface area contributed by atoms with E-state index in [0.29, 0.717) is 18.7 Å². The lowest BCUT2D eigenvalue weighted by Gasteiger charge is -2.09. The van der Waals surface area contributed by atoms with Crippen LogP contribution in [0.25, 0.3) is 0 Å². The molecule has 2 aromatic heterocycles. The third kappa shape index (κ3) is 3.73. The standard InChI is InChI=1S/C15H14N4O2.ClH/c20-15(21)14-6-12(8-18-3-1-16-10-18)5-13(7-14)9-19-4-2-17-11-19;/h1-7,10-11H,8-9H2,(H,20,21);1H. The largest absolute Gasteiger partial charge is 0.478 e. The van der Waals surface area contributed by atoms with Gasteiger partial charge in [-0.15, -0.1) is 12.4 Å². The van der Waals surface area contributed by atoms with Gasteiger partial charge >= 0.3 is 5.97 Å². The summed E-state index contributed by atoms with van der Waals surface area (Å²) in [5, 5.41) is 9.25. The molecule has 0 radical (unpaired) electrons. The average molecular weight is 319 g/mol. The minimum Gasteiger partial charge on any atom is -0.478 e. The van der Waals surface area contributed by atoms with Crippen molar-refractivity contribution in [3.8, 4) is 0 Å². The summed E-state index contributed by atoms with van der Waals surface area (Å²) in [5.41, 5.74) is 2.16. The molecule has 1 aromatic carbocycles. The molecule has 0 aliphatic heterocycles. The fourth-order valence-electron chi connectivity index (χ4n) is 2.25. The maximum atomic E-state index is 11.3. The van der Waals surface area contributed by atoms with Gasteiger partial charge in [0.2, 0.25) is 0 Å². The van der Waals surface area contributed by atoms with Crippen LogP contribution in [0.1, 0.15) is 21.5 Å². The summed E-state index contributed by atoms with van der Waals surface area (Å²) in [5.74, 6) is -0.922. The molecular formula is C15H15ClN4O2. The van der Waals surface area contributed by atoms with Crippen molar-refractivity contribution in [3.05, 3.63) is 72.3 Å². The zero-order valence-electron chi connectivity index (χ0n) is 11.7. The lowest BCUT2D eigenvalue weighted by molar-refractivity contribution is 0.0696. The van der Waals surface area contributed by atoms with E-state index >= 15 is 0 Å². The van der Waals surface area contributed by atoms with Crippen LogP contribution in [0.4, 0.5) is 0 Å². The Balaban J connectivity index is 0.00000176. The highest BCUT2D eigenvalue weighted by Gasteiger charge is 2.08. The predicted molar refractivity (Wildman–Crippen MR) is 83.3 cm³/mol. The summed E-state index contributed by atoms with van der Waals surface area (Å²) < 4.78 is 3.81. The van der Waals surface area contributed by atoms with Crippen LogP contribution in [-0.2, 0) is 13.1 Å². The van der Waals surface area contributed by atoms with Gasteiger partial charge in [-0.3, -0.25) is 0 Å². The Morgan fingerprint density at radius 3 is 1.82 bits per heavy atom. The molecule has 2 heterocycles. The van der Waals surface area contributed by atoms with Crippen LogP contribution in [0, 0.1) is 0 Å². The molecule has 3 rings (SSSR count). The molecule has 0 fully saturated rings. The highest BCUT2D eigenvalue weighted by molar-refractivity contribution is 5.88. The van der Waals surface area contributed by atoms with Crippen LogP contribution < -0.4 is 0 Å². The summed E-state index contributed by atoms with van der Waals surface area (Å²) in [6.45, 7) is 1.19. The molecule has 0 saturated carbocycles. The Morgan fingerprint density at radius 2 is 1.45 bits per heavy atom. The fraction of sp³-hybridized carbons (Fsp3) is 0.133. The molecule has 0 atom stereocenters. The Hall–Kier alpha value is -2.60. The van der Waals surface area contributed by atoms with Crippen molar-refractivity contribution in [1.82, 2.24) is 19.1 Å². The summed E-state index contributed by atoms with van der Waals surface area (Å²) in [7, 11) is 0. The first-order chi connectivity index (χ1) is 10.2. The van der Waals surface area contributed by atoms with Crippen molar-refractivity contribution in [2.24, 2.45) is 0 Å². The van der Waals surface area contributed by atoms with E-state index in [9.17, 15) is 9.90 Å². The van der Waals surface area contributed by atoms with Gasteiger partial charge in [0.05, 0.1) is 18.2 Å². The number of carboxylic acid groups (broad SMARTS) is 1. The van der Waals surface area contributed by atoms with Gasteiger partial charge in [0.15, 0.2) is 0 Å². The second-order valence-corrected chi connectivity index (χ2v) is 4.81. The molecular weight excluding hydrogens is 304 g/mol. The van der Waals surface area contributed by atoms with Crippen molar-refractivity contribution < 1.29 is 9.90 Å². The Kier molecular flexibility index (Phi) is 4.95. The van der Waals surface area contributed by atoms with Gasteiger partial charge in [0.1, 0.15) is 0 Å². The predicted octanol–water partition coefficient (Wildman–Crippen LogP) is 2.30. The Morgan fingerprint density at radius 1 is 0.955 bits per heavy atom. The summed E-state index contributed by atoms with van der Waals surface area (Å²) >= 11 is 0. The smallest absolute Gasteiger partial charge is 0.335 e. The number of carbonyl (C=O) groups is 1. The zero-order chi connectivity index (χ0) is 14.7. The Bertz CT molecular complexity index is 685. The number of aromatic carboxylic acids is 1. The van der Waals surface area contributed by atoms with E-state index in [-0.39, 0.29) is 12.4 Å². The first-order valence-corrected chi connectivity index (χ1v) is 6.48. The maximum absolute atomic E-state index is 11.3. The van der Waals surface area contributed by atoms with E-state index in [0.717, 1.165) is 11.1 Å². The number of nitrogens with zero attached hydrogens (tertiary/aromatic N) is 4. The molecule has 0 amide bonds. The zero-order valence-corrected chi connectivity index (χ0v) is 12.5. The van der Waals surface area contributed by atoms with Crippen molar-refractivity contribution in [2.75, 3.05) is 0 Å². The lowest BCUT2D eigenvalue weighted by Crippen LogP contribution is -2.05. The van der Waals surface area contributed by atoms with Gasteiger partial charge < -0.3 is 14.2 Å². The first kappa shape index (κ1) is 15.8. The molecule has 0 aliphatic carbocycles. The number of aromatic nitrogens is 4. The third-order valence-corrected chi connectivity index (χ3v) is 3.15. The van der Waals surface area contributed by atoms with Crippen LogP contribution in [0.5, 0.6) is 0 Å². The highest BCUT2D eigenvalue weighted by atomic mass is 35.5. The molecule has 3 aromatic rings. The molecule has 7 heteroatoms. The van der Waals surface area contributed by atoms with E-state index in [1.807, 2.05) is 27.6 Å². The summed E-state index contributed by atoms with van der Waals surface area (Å²) in [6, 6.07) is 5.39. The van der Waals surface area contributed by atoms with Gasteiger partial charge in [-0.05, 0) is 23.3 Å². The summed E-state index contributed by atoms with van der Waals surface area (Å²) in [4.78, 5) is 19.3. The second kappa shape index (κ2) is 6.91. The van der Waals surface area contributed by atoms with Crippen LogP contribution in [-0.4, -0.2) is 30.2 Å². The second-order valence-electron chi connectivity index (χ2n) is 4.81. The molecule has 0 aliphatic rings. The number of benzene rings is 1. The number of hydrogen-bond acceptors (Lipinski definition) is 3. The van der Waals surface area contributed by atoms with Crippen molar-refractivity contribution in [2.45, 2.75) is 13.1 Å². The molecule has 0 bridgehead atoms. The van der Waals surface area contributed by atoms with Crippen molar-refractivity contribution in [3.63, 3.8) is 0 Å². The maximum Gasteiger partial charge on any atom is 0.335 e. The quantitative estimate of drug-likeness (QED) is 0.783. The van der Waals surface area contributed by atoms with Gasteiger partial charge in [0, 0.05) is 37.9 Å². The van der Waals surface area contributed by atoms with E-state index < -0.39 is 5.97 Å². The SMILES string of the molecule is Cl.O=C(O)c1cc(Cn2ccnc2)cc(Cn2ccnc2)c1. The van der Waals surface area contributed by atoms with Gasteiger partial charge in [-0.2, -0.15) is 0 Å². The van der Waals surface area contributed by atoms with Crippen LogP contribution in [0.3, 0.4) is 0 Å². The minimum absolute atomic E-state index is 0. The molecule has 114 valence electrons. The number of rotatable bonds is 5. The van der Waals surface area contributed by atoms with Gasteiger partial charge in [-0.1, -0.05) is 6.07 Å². The van der Waals surface area contributed by atoms with Gasteiger partial charge in [0.25, 0.3) is 0 Å². The average Bonchev–Trinajstić information content (AvgIpc) is 3.12. The molecule has 6 nitrogen and oxygen atoms in total. The topological polar surface area (TPSA) is 72.9 Å². The molecule has 1 N–H and O–H groups in total. The van der Waals surface area contributed by atoms with E-state index in [4.69, 9.17) is 0 Å². The number of halogens is 1. The minimum atomic E-state index is -0.922. The van der Waals surface area contributed by atoms with Crippen molar-refractivity contribution >= 4 is 18.4 Å². The van der Waals surface area contributed by atoms with E-state index in [1.54, 1.807) is 37.2 Å². The van der Waals surface area contributed by atoms with E-state index in [1.165, 1.54) is 0 Å². The van der Waals surface area contributed by atoms with Crippen LogP contribution in [0.15, 0.2) is 55.6 Å². The molecule has 0 spiro atoms. The third-order valence-electron chi connectivity index (χ3n) is 3.15. The number of imidazole rings is 2. The van der Waals surface area contributed by atoms with Crippen molar-refractivity contribution in [1.29, 1.82) is 0 Å². The monoisotopic (exact) mass is 318 g/mol.